The predicted molar refractivity (Wildman–Crippen MR) is 51.5 cm³/mol. The Morgan fingerprint density at radius 3 is 2.86 bits per heavy atom. The van der Waals surface area contributed by atoms with Gasteiger partial charge in [0.2, 0.25) is 0 Å². The van der Waals surface area contributed by atoms with E-state index in [1.165, 1.54) is 19.3 Å². The van der Waals surface area contributed by atoms with Crippen molar-refractivity contribution in [3.8, 4) is 6.07 Å². The molecular formula is C10H15N3O. The van der Waals surface area contributed by atoms with Crippen molar-refractivity contribution in [1.82, 2.24) is 10.2 Å². The van der Waals surface area contributed by atoms with Gasteiger partial charge < -0.3 is 10.2 Å². The molecule has 1 saturated heterocycles. The van der Waals surface area contributed by atoms with Gasteiger partial charge in [0.05, 0.1) is 12.5 Å². The minimum atomic E-state index is 0.00373. The Morgan fingerprint density at radius 2 is 2.29 bits per heavy atom. The molecule has 1 aliphatic carbocycles. The minimum Gasteiger partial charge on any atom is -0.337 e. The normalized spacial score (nSPS) is 22.1. The monoisotopic (exact) mass is 193 g/mol. The molecule has 2 fully saturated rings. The van der Waals surface area contributed by atoms with Gasteiger partial charge in [-0.05, 0) is 24.7 Å². The van der Waals surface area contributed by atoms with Crippen molar-refractivity contribution >= 4 is 6.03 Å². The zero-order valence-corrected chi connectivity index (χ0v) is 8.25. The van der Waals surface area contributed by atoms with Crippen LogP contribution in [0.15, 0.2) is 0 Å². The van der Waals surface area contributed by atoms with Crippen LogP contribution in [0, 0.1) is 16.7 Å². The second-order valence-corrected chi connectivity index (χ2v) is 4.31. The van der Waals surface area contributed by atoms with Gasteiger partial charge in [-0.1, -0.05) is 0 Å². The van der Waals surface area contributed by atoms with E-state index in [0.717, 1.165) is 13.1 Å². The molecule has 0 aromatic heterocycles. The number of carbonyl (C=O) groups is 1. The number of amides is 2. The first kappa shape index (κ1) is 9.32. The Kier molecular flexibility index (Phi) is 2.32. The Bertz CT molecular complexity index is 278. The van der Waals surface area contributed by atoms with E-state index in [2.05, 4.69) is 5.32 Å². The molecule has 1 heterocycles. The van der Waals surface area contributed by atoms with Crippen LogP contribution in [0.25, 0.3) is 0 Å². The van der Waals surface area contributed by atoms with Crippen LogP contribution in [-0.4, -0.2) is 30.6 Å². The number of urea groups is 1. The Hall–Kier alpha value is -1.24. The van der Waals surface area contributed by atoms with Crippen molar-refractivity contribution in [3.05, 3.63) is 0 Å². The van der Waals surface area contributed by atoms with Crippen LogP contribution in [0.4, 0.5) is 4.79 Å². The number of likely N-dealkylation sites (tertiary alicyclic amines) is 1. The Balaban J connectivity index is 1.73. The highest BCUT2D eigenvalue weighted by Gasteiger charge is 2.48. The van der Waals surface area contributed by atoms with Crippen molar-refractivity contribution in [2.24, 2.45) is 5.41 Å². The third-order valence-electron chi connectivity index (χ3n) is 3.20. The number of nitrogens with zero attached hydrogens (tertiary/aromatic N) is 2. The lowest BCUT2D eigenvalue weighted by atomic mass is 10.1. The molecule has 1 spiro atoms. The Morgan fingerprint density at radius 1 is 1.50 bits per heavy atom. The maximum Gasteiger partial charge on any atom is 0.317 e. The lowest BCUT2D eigenvalue weighted by Crippen LogP contribution is -2.38. The van der Waals surface area contributed by atoms with Crippen LogP contribution < -0.4 is 5.32 Å². The molecule has 2 aliphatic rings. The lowest BCUT2D eigenvalue weighted by molar-refractivity contribution is 0.206. The second-order valence-electron chi connectivity index (χ2n) is 4.31. The van der Waals surface area contributed by atoms with Crippen molar-refractivity contribution in [3.63, 3.8) is 0 Å². The van der Waals surface area contributed by atoms with E-state index >= 15 is 0 Å². The molecule has 0 atom stereocenters. The maximum atomic E-state index is 11.5. The summed E-state index contributed by atoms with van der Waals surface area (Å²) in [4.78, 5) is 13.4. The first-order chi connectivity index (χ1) is 6.76. The summed E-state index contributed by atoms with van der Waals surface area (Å²) in [5.74, 6) is 0. The molecule has 1 saturated carbocycles. The van der Waals surface area contributed by atoms with Crippen molar-refractivity contribution in [2.75, 3.05) is 19.6 Å². The average molecular weight is 193 g/mol. The predicted octanol–water partition coefficient (Wildman–Crippen LogP) is 1.10. The number of rotatable bonds is 2. The topological polar surface area (TPSA) is 56.1 Å². The molecule has 1 aliphatic heterocycles. The van der Waals surface area contributed by atoms with Gasteiger partial charge in [-0.15, -0.1) is 0 Å². The van der Waals surface area contributed by atoms with Crippen LogP contribution in [0.2, 0.25) is 0 Å². The first-order valence-corrected chi connectivity index (χ1v) is 5.16. The summed E-state index contributed by atoms with van der Waals surface area (Å²) < 4.78 is 0. The van der Waals surface area contributed by atoms with Gasteiger partial charge in [-0.25, -0.2) is 4.79 Å². The van der Waals surface area contributed by atoms with Crippen LogP contribution in [0.1, 0.15) is 25.7 Å². The fourth-order valence-corrected chi connectivity index (χ4v) is 2.03. The average Bonchev–Trinajstić information content (AvgIpc) is 2.77. The molecule has 0 radical (unpaired) electrons. The van der Waals surface area contributed by atoms with Gasteiger partial charge in [0.25, 0.3) is 0 Å². The molecule has 0 aromatic carbocycles. The molecule has 2 amide bonds. The molecule has 4 heteroatoms. The van der Waals surface area contributed by atoms with Crippen LogP contribution in [-0.2, 0) is 0 Å². The number of nitrogens with one attached hydrogen (secondary N) is 1. The fourth-order valence-electron chi connectivity index (χ4n) is 2.03. The fraction of sp³-hybridized carbons (Fsp3) is 0.800. The van der Waals surface area contributed by atoms with Gasteiger partial charge in [0, 0.05) is 19.6 Å². The van der Waals surface area contributed by atoms with E-state index in [1.807, 2.05) is 11.0 Å². The van der Waals surface area contributed by atoms with E-state index in [1.54, 1.807) is 0 Å². The van der Waals surface area contributed by atoms with E-state index < -0.39 is 0 Å². The van der Waals surface area contributed by atoms with Gasteiger partial charge in [0.15, 0.2) is 0 Å². The summed E-state index contributed by atoms with van der Waals surface area (Å²) in [6.07, 6.45) is 4.13. The van der Waals surface area contributed by atoms with E-state index in [9.17, 15) is 4.79 Å². The second kappa shape index (κ2) is 3.49. The van der Waals surface area contributed by atoms with Crippen molar-refractivity contribution < 1.29 is 4.79 Å². The van der Waals surface area contributed by atoms with Gasteiger partial charge in [-0.2, -0.15) is 5.26 Å². The molecule has 0 unspecified atom stereocenters. The number of hydrogen-bond acceptors (Lipinski definition) is 2. The van der Waals surface area contributed by atoms with Crippen molar-refractivity contribution in [1.29, 1.82) is 5.26 Å². The molecular weight excluding hydrogens is 178 g/mol. The summed E-state index contributed by atoms with van der Waals surface area (Å²) in [7, 11) is 0. The van der Waals surface area contributed by atoms with Crippen LogP contribution >= 0.6 is 0 Å². The molecule has 14 heavy (non-hydrogen) atoms. The molecule has 4 nitrogen and oxygen atoms in total. The van der Waals surface area contributed by atoms with E-state index in [4.69, 9.17) is 5.26 Å². The van der Waals surface area contributed by atoms with E-state index in [0.29, 0.717) is 18.4 Å². The smallest absolute Gasteiger partial charge is 0.317 e. The quantitative estimate of drug-likeness (QED) is 0.667. The molecule has 1 N–H and O–H groups in total. The lowest BCUT2D eigenvalue weighted by Gasteiger charge is -2.16. The van der Waals surface area contributed by atoms with Crippen LogP contribution in [0.3, 0.4) is 0 Å². The molecule has 2 rings (SSSR count). The number of nitriles is 1. The summed E-state index contributed by atoms with van der Waals surface area (Å²) in [5.41, 5.74) is 0.493. The summed E-state index contributed by atoms with van der Waals surface area (Å²) >= 11 is 0. The highest BCUT2D eigenvalue weighted by molar-refractivity contribution is 5.74. The number of hydrogen-bond donors (Lipinski definition) is 1. The van der Waals surface area contributed by atoms with Gasteiger partial charge in [0.1, 0.15) is 0 Å². The SMILES string of the molecule is N#CCCNC(=O)N1CCC2(CC2)C1. The third kappa shape index (κ3) is 1.82. The first-order valence-electron chi connectivity index (χ1n) is 5.16. The van der Waals surface area contributed by atoms with E-state index in [-0.39, 0.29) is 6.03 Å². The summed E-state index contributed by atoms with van der Waals surface area (Å²) in [6.45, 7) is 2.28. The molecule has 76 valence electrons. The third-order valence-corrected chi connectivity index (χ3v) is 3.20. The van der Waals surface area contributed by atoms with Gasteiger partial charge in [-0.3, -0.25) is 0 Å². The van der Waals surface area contributed by atoms with Crippen molar-refractivity contribution in [2.45, 2.75) is 25.7 Å². The van der Waals surface area contributed by atoms with Crippen LogP contribution in [0.5, 0.6) is 0 Å². The highest BCUT2D eigenvalue weighted by atomic mass is 16.2. The summed E-state index contributed by atoms with van der Waals surface area (Å²) in [6, 6.07) is 2.01. The number of carbonyl (C=O) groups excluding carboxylic acids is 1. The van der Waals surface area contributed by atoms with Gasteiger partial charge >= 0.3 is 6.03 Å². The summed E-state index contributed by atoms with van der Waals surface area (Å²) in [5, 5.41) is 11.1. The minimum absolute atomic E-state index is 0.00373. The standard InChI is InChI=1S/C10H15N3O/c11-5-1-6-12-9(14)13-7-4-10(8-13)2-3-10/h1-4,6-8H2,(H,12,14). The zero-order valence-electron chi connectivity index (χ0n) is 8.25. The largest absolute Gasteiger partial charge is 0.337 e. The maximum absolute atomic E-state index is 11.5. The Labute approximate surface area is 83.9 Å². The highest BCUT2D eigenvalue weighted by Crippen LogP contribution is 2.52. The molecule has 0 bridgehead atoms. The molecule has 0 aromatic rings. The zero-order chi connectivity index (χ0) is 10.0.